The van der Waals surface area contributed by atoms with E-state index >= 15 is 0 Å². The van der Waals surface area contributed by atoms with Crippen LogP contribution in [0.2, 0.25) is 0 Å². The van der Waals surface area contributed by atoms with E-state index in [1.54, 1.807) is 24.3 Å². The third-order valence-electron chi connectivity index (χ3n) is 4.75. The van der Waals surface area contributed by atoms with Crippen LogP contribution in [0.5, 0.6) is 11.5 Å². The quantitative estimate of drug-likeness (QED) is 0.628. The molecule has 0 saturated heterocycles. The molecule has 0 spiro atoms. The molecular formula is C21H18FN3O4S. The minimum Gasteiger partial charge on any atom is -0.493 e. The molecular weight excluding hydrogens is 409 g/mol. The first kappa shape index (κ1) is 19.8. The first-order valence-electron chi connectivity index (χ1n) is 9.10. The zero-order chi connectivity index (χ0) is 21.3. The van der Waals surface area contributed by atoms with Crippen molar-refractivity contribution in [1.29, 1.82) is 0 Å². The van der Waals surface area contributed by atoms with Crippen LogP contribution in [0.3, 0.4) is 0 Å². The second-order valence-corrected chi connectivity index (χ2v) is 7.56. The lowest BCUT2D eigenvalue weighted by atomic mass is 9.89. The van der Waals surface area contributed by atoms with Crippen LogP contribution in [-0.4, -0.2) is 29.9 Å². The highest BCUT2D eigenvalue weighted by molar-refractivity contribution is 7.07. The van der Waals surface area contributed by atoms with Crippen molar-refractivity contribution in [2.45, 2.75) is 12.3 Å². The molecule has 30 heavy (non-hydrogen) atoms. The van der Waals surface area contributed by atoms with Gasteiger partial charge in [-0.1, -0.05) is 18.2 Å². The van der Waals surface area contributed by atoms with Gasteiger partial charge in [0.05, 0.1) is 17.7 Å². The first-order valence-corrected chi connectivity index (χ1v) is 9.88. The Morgan fingerprint density at radius 2 is 2.13 bits per heavy atom. The average Bonchev–Trinajstić information content (AvgIpc) is 3.15. The molecule has 0 radical (unpaired) electrons. The summed E-state index contributed by atoms with van der Waals surface area (Å²) in [4.78, 5) is 24.4. The third-order valence-corrected chi connectivity index (χ3v) is 5.71. The Morgan fingerprint density at radius 3 is 2.87 bits per heavy atom. The number of ether oxygens (including phenoxy) is 2. The van der Waals surface area contributed by atoms with Crippen molar-refractivity contribution < 1.29 is 23.5 Å². The molecule has 1 aliphatic rings. The number of fused-ring (bicyclic) bond motifs is 1. The second-order valence-electron chi connectivity index (χ2n) is 6.75. The third kappa shape index (κ3) is 3.84. The number of anilines is 1. The van der Waals surface area contributed by atoms with E-state index < -0.39 is 5.91 Å². The van der Waals surface area contributed by atoms with E-state index in [0.717, 1.165) is 10.4 Å². The summed E-state index contributed by atoms with van der Waals surface area (Å²) in [6.07, 6.45) is 0.222. The molecule has 2 aromatic carbocycles. The zero-order valence-electron chi connectivity index (χ0n) is 16.0. The van der Waals surface area contributed by atoms with Gasteiger partial charge in [-0.25, -0.2) is 4.39 Å². The van der Waals surface area contributed by atoms with Crippen LogP contribution >= 0.6 is 11.5 Å². The molecule has 154 valence electrons. The number of methoxy groups -OCH3 is 1. The van der Waals surface area contributed by atoms with Crippen LogP contribution in [0.4, 0.5) is 10.1 Å². The molecule has 1 unspecified atom stereocenters. The van der Waals surface area contributed by atoms with Crippen molar-refractivity contribution in [3.63, 3.8) is 0 Å². The summed E-state index contributed by atoms with van der Waals surface area (Å²) >= 11 is 1.26. The monoisotopic (exact) mass is 427 g/mol. The Labute approximate surface area is 175 Å². The van der Waals surface area contributed by atoms with E-state index in [2.05, 4.69) is 9.69 Å². The Balaban J connectivity index is 1.74. The number of rotatable bonds is 6. The lowest BCUT2D eigenvalue weighted by molar-refractivity contribution is -0.120. The number of nitrogens with one attached hydrogen (secondary N) is 1. The molecule has 4 rings (SSSR count). The lowest BCUT2D eigenvalue weighted by Gasteiger charge is -2.23. The van der Waals surface area contributed by atoms with Crippen LogP contribution < -0.4 is 20.5 Å². The van der Waals surface area contributed by atoms with Crippen LogP contribution in [-0.2, 0) is 9.59 Å². The molecule has 0 bridgehead atoms. The maximum Gasteiger partial charge on any atom is 0.255 e. The molecule has 0 aliphatic carbocycles. The summed E-state index contributed by atoms with van der Waals surface area (Å²) in [6.45, 7) is -0.291. The second kappa shape index (κ2) is 8.11. The maximum atomic E-state index is 13.7. The smallest absolute Gasteiger partial charge is 0.255 e. The normalized spacial score (nSPS) is 15.3. The number of nitrogens with zero attached hydrogens (tertiary/aromatic N) is 1. The standard InChI is InChI=1S/C21H18FN3O4S/c1-28-15-6-5-11(8-16(15)29-10-17(23)26)14-9-18(27)24-20-19(25-30-21(14)20)12-3-2-4-13(22)7-12/h2-8,14H,9-10H2,1H3,(H2,23,26)(H,24,27). The van der Waals surface area contributed by atoms with Gasteiger partial charge in [0.2, 0.25) is 5.91 Å². The number of aromatic nitrogens is 1. The summed E-state index contributed by atoms with van der Waals surface area (Å²) in [5.74, 6) is -0.610. The average molecular weight is 427 g/mol. The summed E-state index contributed by atoms with van der Waals surface area (Å²) in [5.41, 5.74) is 7.69. The molecule has 7 nitrogen and oxygen atoms in total. The van der Waals surface area contributed by atoms with E-state index in [-0.39, 0.29) is 30.7 Å². The molecule has 1 atom stereocenters. The Bertz CT molecular complexity index is 1130. The van der Waals surface area contributed by atoms with Crippen molar-refractivity contribution in [3.8, 4) is 22.8 Å². The van der Waals surface area contributed by atoms with Gasteiger partial charge in [-0.05, 0) is 41.4 Å². The van der Waals surface area contributed by atoms with Gasteiger partial charge in [0, 0.05) is 17.9 Å². The van der Waals surface area contributed by atoms with Gasteiger partial charge in [0.15, 0.2) is 18.1 Å². The van der Waals surface area contributed by atoms with Gasteiger partial charge < -0.3 is 20.5 Å². The number of carbonyl (C=O) groups is 2. The van der Waals surface area contributed by atoms with E-state index in [0.29, 0.717) is 28.4 Å². The highest BCUT2D eigenvalue weighted by atomic mass is 32.1. The summed E-state index contributed by atoms with van der Waals surface area (Å²) in [5, 5.41) is 2.87. The van der Waals surface area contributed by atoms with Crippen LogP contribution in [0.25, 0.3) is 11.3 Å². The van der Waals surface area contributed by atoms with Gasteiger partial charge in [-0.15, -0.1) is 0 Å². The van der Waals surface area contributed by atoms with Gasteiger partial charge in [-0.3, -0.25) is 9.59 Å². The highest BCUT2D eigenvalue weighted by Gasteiger charge is 2.32. The number of primary amides is 1. The molecule has 2 amide bonds. The predicted octanol–water partition coefficient (Wildman–Crippen LogP) is 3.30. The zero-order valence-corrected chi connectivity index (χ0v) is 16.8. The number of carbonyl (C=O) groups excluding carboxylic acids is 2. The van der Waals surface area contributed by atoms with E-state index in [9.17, 15) is 14.0 Å². The van der Waals surface area contributed by atoms with Crippen LogP contribution in [0.1, 0.15) is 22.8 Å². The predicted molar refractivity (Wildman–Crippen MR) is 110 cm³/mol. The summed E-state index contributed by atoms with van der Waals surface area (Å²) in [6, 6.07) is 11.4. The molecule has 2 heterocycles. The van der Waals surface area contributed by atoms with Gasteiger partial charge >= 0.3 is 0 Å². The van der Waals surface area contributed by atoms with Crippen molar-refractivity contribution in [3.05, 3.63) is 58.7 Å². The molecule has 1 aliphatic heterocycles. The van der Waals surface area contributed by atoms with Gasteiger partial charge in [0.1, 0.15) is 11.5 Å². The lowest BCUT2D eigenvalue weighted by Crippen LogP contribution is -2.23. The Morgan fingerprint density at radius 1 is 1.30 bits per heavy atom. The number of benzene rings is 2. The van der Waals surface area contributed by atoms with E-state index in [4.69, 9.17) is 15.2 Å². The van der Waals surface area contributed by atoms with Gasteiger partial charge in [-0.2, -0.15) is 4.37 Å². The Kier molecular flexibility index (Phi) is 5.37. The fraction of sp³-hybridized carbons (Fsp3) is 0.190. The largest absolute Gasteiger partial charge is 0.493 e. The molecule has 3 aromatic rings. The Hall–Kier alpha value is -3.46. The molecule has 0 fully saturated rings. The first-order chi connectivity index (χ1) is 14.5. The van der Waals surface area contributed by atoms with E-state index in [1.807, 2.05) is 6.07 Å². The van der Waals surface area contributed by atoms with Crippen molar-refractivity contribution in [2.24, 2.45) is 5.73 Å². The molecule has 3 N–H and O–H groups in total. The number of nitrogens with two attached hydrogens (primary N) is 1. The fourth-order valence-electron chi connectivity index (χ4n) is 3.40. The minimum absolute atomic E-state index is 0.166. The van der Waals surface area contributed by atoms with Crippen LogP contribution in [0, 0.1) is 5.82 Å². The minimum atomic E-state index is -0.607. The van der Waals surface area contributed by atoms with Crippen molar-refractivity contribution in [1.82, 2.24) is 4.37 Å². The molecule has 9 heteroatoms. The number of halogens is 1. The number of hydrogen-bond acceptors (Lipinski definition) is 6. The maximum absolute atomic E-state index is 13.7. The number of hydrogen-bond donors (Lipinski definition) is 2. The van der Waals surface area contributed by atoms with Crippen molar-refractivity contribution >= 4 is 29.0 Å². The van der Waals surface area contributed by atoms with Gasteiger partial charge in [0.25, 0.3) is 5.91 Å². The van der Waals surface area contributed by atoms with Crippen LogP contribution in [0.15, 0.2) is 42.5 Å². The SMILES string of the molecule is COc1ccc(C2CC(=O)Nc3c(-c4cccc(F)c4)nsc32)cc1OCC(N)=O. The fourth-order valence-corrected chi connectivity index (χ4v) is 4.38. The summed E-state index contributed by atoms with van der Waals surface area (Å²) < 4.78 is 28.9. The highest BCUT2D eigenvalue weighted by Crippen LogP contribution is 2.46. The van der Waals surface area contributed by atoms with Crippen molar-refractivity contribution in [2.75, 3.05) is 19.0 Å². The number of amides is 2. The topological polar surface area (TPSA) is 104 Å². The molecule has 0 saturated carbocycles. The van der Waals surface area contributed by atoms with E-state index in [1.165, 1.54) is 30.8 Å². The molecule has 1 aromatic heterocycles. The summed E-state index contributed by atoms with van der Waals surface area (Å²) in [7, 11) is 1.49.